The molecule has 1 N–H and O–H groups in total. The fourth-order valence-corrected chi connectivity index (χ4v) is 3.57. The Bertz CT molecular complexity index is 635. The molecule has 4 heteroatoms. The monoisotopic (exact) mass is 325 g/mol. The first kappa shape index (κ1) is 14.2. The molecule has 1 aliphatic heterocycles. The van der Waals surface area contributed by atoms with Crippen LogP contribution in [0.4, 0.5) is 0 Å². The third kappa shape index (κ3) is 2.56. The first-order chi connectivity index (χ1) is 9.61. The zero-order valence-corrected chi connectivity index (χ0v) is 13.1. The second kappa shape index (κ2) is 5.57. The van der Waals surface area contributed by atoms with Crippen LogP contribution >= 0.6 is 34.8 Å². The summed E-state index contributed by atoms with van der Waals surface area (Å²) < 4.78 is 0. The van der Waals surface area contributed by atoms with Crippen LogP contribution in [0.3, 0.4) is 0 Å². The predicted molar refractivity (Wildman–Crippen MR) is 86.2 cm³/mol. The Kier molecular flexibility index (Phi) is 3.96. The molecule has 1 heterocycles. The molecule has 2 aromatic rings. The lowest BCUT2D eigenvalue weighted by atomic mass is 9.71. The van der Waals surface area contributed by atoms with Crippen molar-refractivity contribution in [2.75, 3.05) is 13.1 Å². The Balaban J connectivity index is 1.96. The number of benzene rings is 2. The van der Waals surface area contributed by atoms with E-state index in [0.717, 1.165) is 35.1 Å². The van der Waals surface area contributed by atoms with E-state index in [1.165, 1.54) is 5.56 Å². The highest BCUT2D eigenvalue weighted by Gasteiger charge is 2.40. The lowest BCUT2D eigenvalue weighted by molar-refractivity contribution is 0.275. The van der Waals surface area contributed by atoms with Crippen molar-refractivity contribution < 1.29 is 0 Å². The molecule has 1 saturated heterocycles. The van der Waals surface area contributed by atoms with Gasteiger partial charge in [-0.15, -0.1) is 0 Å². The molecule has 0 amide bonds. The van der Waals surface area contributed by atoms with E-state index in [9.17, 15) is 0 Å². The normalized spacial score (nSPS) is 16.8. The zero-order chi connectivity index (χ0) is 14.2. The van der Waals surface area contributed by atoms with Crippen LogP contribution in [0, 0.1) is 0 Å². The summed E-state index contributed by atoms with van der Waals surface area (Å²) in [6.07, 6.45) is 0.861. The van der Waals surface area contributed by atoms with Gasteiger partial charge < -0.3 is 5.32 Å². The first-order valence-electron chi connectivity index (χ1n) is 6.50. The Labute approximate surface area is 133 Å². The standard InChI is InChI=1S/C16H14Cl3N/c17-12-6-5-11(15(19)7-12)8-16(9-20-10-16)13-3-1-2-4-14(13)18/h1-7,20H,8-10H2. The van der Waals surface area contributed by atoms with Crippen molar-refractivity contribution >= 4 is 34.8 Å². The molecule has 3 rings (SSSR count). The highest BCUT2D eigenvalue weighted by molar-refractivity contribution is 6.35. The molecule has 0 atom stereocenters. The largest absolute Gasteiger partial charge is 0.315 e. The number of hydrogen-bond donors (Lipinski definition) is 1. The molecular formula is C16H14Cl3N. The average molecular weight is 327 g/mol. The van der Waals surface area contributed by atoms with Gasteiger partial charge in [0.1, 0.15) is 0 Å². The molecule has 0 bridgehead atoms. The molecule has 0 unspecified atom stereocenters. The summed E-state index contributed by atoms with van der Waals surface area (Å²) in [7, 11) is 0. The maximum Gasteiger partial charge on any atom is 0.0453 e. The Morgan fingerprint density at radius 2 is 1.70 bits per heavy atom. The zero-order valence-electron chi connectivity index (χ0n) is 10.8. The van der Waals surface area contributed by atoms with Crippen LogP contribution in [0.2, 0.25) is 15.1 Å². The first-order valence-corrected chi connectivity index (χ1v) is 7.64. The summed E-state index contributed by atoms with van der Waals surface area (Å²) in [5.74, 6) is 0. The van der Waals surface area contributed by atoms with Gasteiger partial charge in [0.2, 0.25) is 0 Å². The quantitative estimate of drug-likeness (QED) is 0.859. The van der Waals surface area contributed by atoms with E-state index in [2.05, 4.69) is 11.4 Å². The molecule has 2 aromatic carbocycles. The third-order valence-corrected chi connectivity index (χ3v) is 4.83. The minimum absolute atomic E-state index is 0.0236. The minimum atomic E-state index is 0.0236. The van der Waals surface area contributed by atoms with Crippen LogP contribution in [-0.4, -0.2) is 13.1 Å². The number of nitrogens with one attached hydrogen (secondary N) is 1. The predicted octanol–water partition coefficient (Wildman–Crippen LogP) is 4.73. The van der Waals surface area contributed by atoms with Crippen LogP contribution < -0.4 is 5.32 Å². The van der Waals surface area contributed by atoms with E-state index in [1.54, 1.807) is 6.07 Å². The number of halogens is 3. The third-order valence-electron chi connectivity index (χ3n) is 3.92. The van der Waals surface area contributed by atoms with Gasteiger partial charge in [0.25, 0.3) is 0 Å². The SMILES string of the molecule is Clc1ccc(CC2(c3ccccc3Cl)CNC2)c(Cl)c1. The molecule has 20 heavy (non-hydrogen) atoms. The molecule has 0 aliphatic carbocycles. The van der Waals surface area contributed by atoms with Crippen molar-refractivity contribution in [1.29, 1.82) is 0 Å². The van der Waals surface area contributed by atoms with Gasteiger partial charge in [-0.2, -0.15) is 0 Å². The number of rotatable bonds is 3. The maximum absolute atomic E-state index is 6.37. The molecule has 1 nitrogen and oxygen atoms in total. The van der Waals surface area contributed by atoms with Gasteiger partial charge in [-0.25, -0.2) is 0 Å². The lowest BCUT2D eigenvalue weighted by Crippen LogP contribution is -2.58. The second-order valence-electron chi connectivity index (χ2n) is 5.28. The molecule has 1 aliphatic rings. The smallest absolute Gasteiger partial charge is 0.0453 e. The van der Waals surface area contributed by atoms with Gasteiger partial charge in [-0.05, 0) is 35.7 Å². The van der Waals surface area contributed by atoms with E-state index in [0.29, 0.717) is 5.02 Å². The molecule has 0 spiro atoms. The van der Waals surface area contributed by atoms with Gasteiger partial charge >= 0.3 is 0 Å². The maximum atomic E-state index is 6.37. The van der Waals surface area contributed by atoms with Crippen molar-refractivity contribution in [2.45, 2.75) is 11.8 Å². The van der Waals surface area contributed by atoms with E-state index >= 15 is 0 Å². The Morgan fingerprint density at radius 1 is 0.950 bits per heavy atom. The summed E-state index contributed by atoms with van der Waals surface area (Å²) in [5.41, 5.74) is 2.32. The molecular weight excluding hydrogens is 313 g/mol. The van der Waals surface area contributed by atoms with Gasteiger partial charge in [0, 0.05) is 33.6 Å². The highest BCUT2D eigenvalue weighted by atomic mass is 35.5. The van der Waals surface area contributed by atoms with E-state index in [-0.39, 0.29) is 5.41 Å². The van der Waals surface area contributed by atoms with Crippen LogP contribution in [0.15, 0.2) is 42.5 Å². The van der Waals surface area contributed by atoms with Crippen molar-refractivity contribution in [3.8, 4) is 0 Å². The fourth-order valence-electron chi connectivity index (χ4n) is 2.76. The second-order valence-corrected chi connectivity index (χ2v) is 6.53. The summed E-state index contributed by atoms with van der Waals surface area (Å²) in [6.45, 7) is 1.82. The lowest BCUT2D eigenvalue weighted by Gasteiger charge is -2.44. The van der Waals surface area contributed by atoms with Crippen LogP contribution in [-0.2, 0) is 11.8 Å². The van der Waals surface area contributed by atoms with Crippen LogP contribution in [0.5, 0.6) is 0 Å². The molecule has 0 aromatic heterocycles. The van der Waals surface area contributed by atoms with Gasteiger partial charge in [0.15, 0.2) is 0 Å². The molecule has 0 saturated carbocycles. The van der Waals surface area contributed by atoms with E-state index < -0.39 is 0 Å². The fraction of sp³-hybridized carbons (Fsp3) is 0.250. The summed E-state index contributed by atoms with van der Waals surface area (Å²) in [4.78, 5) is 0. The molecule has 0 radical (unpaired) electrons. The Hall–Kier alpha value is -0.730. The molecule has 104 valence electrons. The van der Waals surface area contributed by atoms with Gasteiger partial charge in [-0.1, -0.05) is 59.1 Å². The highest BCUT2D eigenvalue weighted by Crippen LogP contribution is 2.38. The van der Waals surface area contributed by atoms with E-state index in [1.807, 2.05) is 30.3 Å². The number of hydrogen-bond acceptors (Lipinski definition) is 1. The van der Waals surface area contributed by atoms with Gasteiger partial charge in [-0.3, -0.25) is 0 Å². The van der Waals surface area contributed by atoms with Crippen molar-refractivity contribution in [2.24, 2.45) is 0 Å². The Morgan fingerprint density at radius 3 is 2.30 bits per heavy atom. The van der Waals surface area contributed by atoms with Crippen molar-refractivity contribution in [1.82, 2.24) is 5.32 Å². The minimum Gasteiger partial charge on any atom is -0.315 e. The van der Waals surface area contributed by atoms with Crippen LogP contribution in [0.25, 0.3) is 0 Å². The summed E-state index contributed by atoms with van der Waals surface area (Å²) in [5, 5.41) is 5.55. The summed E-state index contributed by atoms with van der Waals surface area (Å²) in [6, 6.07) is 13.7. The molecule has 1 fully saturated rings. The van der Waals surface area contributed by atoms with E-state index in [4.69, 9.17) is 34.8 Å². The van der Waals surface area contributed by atoms with Gasteiger partial charge in [0.05, 0.1) is 0 Å². The van der Waals surface area contributed by atoms with Crippen molar-refractivity contribution in [3.63, 3.8) is 0 Å². The van der Waals surface area contributed by atoms with Crippen LogP contribution in [0.1, 0.15) is 11.1 Å². The topological polar surface area (TPSA) is 12.0 Å². The van der Waals surface area contributed by atoms with Crippen molar-refractivity contribution in [3.05, 3.63) is 68.7 Å². The average Bonchev–Trinajstić information content (AvgIpc) is 2.37. The summed E-state index contributed by atoms with van der Waals surface area (Å²) >= 11 is 18.6.